The summed E-state index contributed by atoms with van der Waals surface area (Å²) in [4.78, 5) is 21.5. The first kappa shape index (κ1) is 18.5. The highest BCUT2D eigenvalue weighted by Crippen LogP contribution is 2.29. The van der Waals surface area contributed by atoms with Crippen molar-refractivity contribution in [1.82, 2.24) is 14.8 Å². The van der Waals surface area contributed by atoms with Crippen molar-refractivity contribution in [2.45, 2.75) is 51.7 Å². The molecule has 1 aromatic rings. The first-order chi connectivity index (χ1) is 12.0. The van der Waals surface area contributed by atoms with E-state index in [2.05, 4.69) is 28.6 Å². The average Bonchev–Trinajstić information content (AvgIpc) is 2.64. The number of pyridine rings is 1. The van der Waals surface area contributed by atoms with Crippen molar-refractivity contribution in [3.8, 4) is 5.88 Å². The number of halogens is 1. The van der Waals surface area contributed by atoms with Crippen LogP contribution in [0.25, 0.3) is 0 Å². The van der Waals surface area contributed by atoms with Crippen LogP contribution < -0.4 is 4.74 Å². The molecule has 1 saturated carbocycles. The number of ether oxygens (including phenoxy) is 1. The first-order valence-electron chi connectivity index (χ1n) is 9.34. The molecule has 25 heavy (non-hydrogen) atoms. The SMILES string of the molecule is CC(C)N1CCN(C(=O)[C@H]2CC[C@H](Oc3ccc(Cl)cn3)CC2)CC1. The lowest BCUT2D eigenvalue weighted by Gasteiger charge is -2.39. The monoisotopic (exact) mass is 365 g/mol. The van der Waals surface area contributed by atoms with Gasteiger partial charge in [-0.2, -0.15) is 0 Å². The number of piperazine rings is 1. The molecular weight excluding hydrogens is 338 g/mol. The van der Waals surface area contributed by atoms with Crippen molar-refractivity contribution in [2.24, 2.45) is 5.92 Å². The van der Waals surface area contributed by atoms with E-state index in [1.807, 2.05) is 0 Å². The van der Waals surface area contributed by atoms with E-state index in [1.54, 1.807) is 18.3 Å². The van der Waals surface area contributed by atoms with E-state index in [4.69, 9.17) is 16.3 Å². The molecule has 138 valence electrons. The topological polar surface area (TPSA) is 45.7 Å². The van der Waals surface area contributed by atoms with Gasteiger partial charge in [0.25, 0.3) is 0 Å². The zero-order chi connectivity index (χ0) is 17.8. The van der Waals surface area contributed by atoms with E-state index in [9.17, 15) is 4.79 Å². The molecule has 0 unspecified atom stereocenters. The standard InChI is InChI=1S/C19H28ClN3O2/c1-14(2)22-9-11-23(12-10-22)19(24)15-3-6-17(7-4-15)25-18-8-5-16(20)13-21-18/h5,8,13-15,17H,3-4,6-7,9-12H2,1-2H3/t15-,17-. The van der Waals surface area contributed by atoms with Gasteiger partial charge in [-0.1, -0.05) is 11.6 Å². The number of amides is 1. The smallest absolute Gasteiger partial charge is 0.225 e. The molecule has 0 atom stereocenters. The van der Waals surface area contributed by atoms with Gasteiger partial charge in [-0.05, 0) is 45.6 Å². The summed E-state index contributed by atoms with van der Waals surface area (Å²) in [5.41, 5.74) is 0. The van der Waals surface area contributed by atoms with Crippen molar-refractivity contribution < 1.29 is 9.53 Å². The Hall–Kier alpha value is -1.33. The molecule has 0 radical (unpaired) electrons. The second-order valence-electron chi connectivity index (χ2n) is 7.36. The maximum Gasteiger partial charge on any atom is 0.225 e. The Labute approximate surface area is 155 Å². The molecule has 2 aliphatic rings. The lowest BCUT2D eigenvalue weighted by Crippen LogP contribution is -2.52. The van der Waals surface area contributed by atoms with Gasteiger partial charge in [0.15, 0.2) is 0 Å². The normalized spacial score (nSPS) is 25.2. The predicted molar refractivity (Wildman–Crippen MR) is 98.9 cm³/mol. The van der Waals surface area contributed by atoms with Gasteiger partial charge >= 0.3 is 0 Å². The van der Waals surface area contributed by atoms with Crippen LogP contribution >= 0.6 is 11.6 Å². The van der Waals surface area contributed by atoms with Crippen LogP contribution in [0, 0.1) is 5.92 Å². The molecule has 1 aliphatic heterocycles. The second kappa shape index (κ2) is 8.37. The summed E-state index contributed by atoms with van der Waals surface area (Å²) < 4.78 is 5.92. The van der Waals surface area contributed by atoms with E-state index < -0.39 is 0 Å². The minimum Gasteiger partial charge on any atom is -0.474 e. The summed E-state index contributed by atoms with van der Waals surface area (Å²) in [5, 5.41) is 0.610. The molecule has 1 amide bonds. The van der Waals surface area contributed by atoms with E-state index in [0.717, 1.165) is 51.9 Å². The number of nitrogens with zero attached hydrogens (tertiary/aromatic N) is 3. The Morgan fingerprint density at radius 1 is 1.16 bits per heavy atom. The first-order valence-corrected chi connectivity index (χ1v) is 9.72. The van der Waals surface area contributed by atoms with Crippen LogP contribution in [0.3, 0.4) is 0 Å². The zero-order valence-electron chi connectivity index (χ0n) is 15.2. The zero-order valence-corrected chi connectivity index (χ0v) is 15.9. The molecule has 1 aliphatic carbocycles. The van der Waals surface area contributed by atoms with E-state index >= 15 is 0 Å². The highest BCUT2D eigenvalue weighted by Gasteiger charge is 2.32. The minimum atomic E-state index is 0.149. The van der Waals surface area contributed by atoms with Crippen molar-refractivity contribution in [2.75, 3.05) is 26.2 Å². The lowest BCUT2D eigenvalue weighted by atomic mass is 9.86. The Balaban J connectivity index is 1.44. The number of aromatic nitrogens is 1. The number of carbonyl (C=O) groups is 1. The number of carbonyl (C=O) groups excluding carboxylic acids is 1. The third-order valence-electron chi connectivity index (χ3n) is 5.37. The van der Waals surface area contributed by atoms with Gasteiger partial charge in [-0.3, -0.25) is 9.69 Å². The highest BCUT2D eigenvalue weighted by atomic mass is 35.5. The summed E-state index contributed by atoms with van der Waals surface area (Å²) in [6.07, 6.45) is 5.38. The number of hydrogen-bond donors (Lipinski definition) is 0. The summed E-state index contributed by atoms with van der Waals surface area (Å²) in [5.74, 6) is 1.11. The molecule has 2 heterocycles. The molecule has 1 saturated heterocycles. The van der Waals surface area contributed by atoms with Crippen molar-refractivity contribution >= 4 is 17.5 Å². The van der Waals surface area contributed by atoms with E-state index in [0.29, 0.717) is 22.9 Å². The van der Waals surface area contributed by atoms with E-state index in [-0.39, 0.29) is 12.0 Å². The van der Waals surface area contributed by atoms with Crippen LogP contribution in [-0.4, -0.2) is 59.0 Å². The fraction of sp³-hybridized carbons (Fsp3) is 0.684. The van der Waals surface area contributed by atoms with Crippen LogP contribution in [0.15, 0.2) is 18.3 Å². The van der Waals surface area contributed by atoms with Crippen LogP contribution in [0.5, 0.6) is 5.88 Å². The Kier molecular flexibility index (Phi) is 6.18. The third kappa shape index (κ3) is 4.85. The van der Waals surface area contributed by atoms with Gasteiger partial charge in [0.05, 0.1) is 5.02 Å². The largest absolute Gasteiger partial charge is 0.474 e. The van der Waals surface area contributed by atoms with Crippen LogP contribution in [0.2, 0.25) is 5.02 Å². The Morgan fingerprint density at radius 3 is 2.40 bits per heavy atom. The average molecular weight is 366 g/mol. The fourth-order valence-electron chi connectivity index (χ4n) is 3.75. The lowest BCUT2D eigenvalue weighted by molar-refractivity contribution is -0.139. The van der Waals surface area contributed by atoms with E-state index in [1.165, 1.54) is 0 Å². The van der Waals surface area contributed by atoms with Gasteiger partial charge in [-0.15, -0.1) is 0 Å². The molecule has 0 N–H and O–H groups in total. The number of hydrogen-bond acceptors (Lipinski definition) is 4. The van der Waals surface area contributed by atoms with Crippen molar-refractivity contribution in [1.29, 1.82) is 0 Å². The maximum atomic E-state index is 12.8. The summed E-state index contributed by atoms with van der Waals surface area (Å²) in [7, 11) is 0. The molecule has 3 rings (SSSR count). The van der Waals surface area contributed by atoms with Gasteiger partial charge in [-0.25, -0.2) is 4.98 Å². The number of rotatable bonds is 4. The van der Waals surface area contributed by atoms with Gasteiger partial charge in [0, 0.05) is 50.4 Å². The molecule has 0 bridgehead atoms. The molecule has 5 nitrogen and oxygen atoms in total. The molecule has 1 aromatic heterocycles. The molecule has 6 heteroatoms. The van der Waals surface area contributed by atoms with Gasteiger partial charge < -0.3 is 9.64 Å². The highest BCUT2D eigenvalue weighted by molar-refractivity contribution is 6.30. The van der Waals surface area contributed by atoms with Gasteiger partial charge in [0.2, 0.25) is 11.8 Å². The van der Waals surface area contributed by atoms with Crippen LogP contribution in [0.1, 0.15) is 39.5 Å². The van der Waals surface area contributed by atoms with Crippen molar-refractivity contribution in [3.05, 3.63) is 23.4 Å². The second-order valence-corrected chi connectivity index (χ2v) is 7.80. The third-order valence-corrected chi connectivity index (χ3v) is 5.59. The Morgan fingerprint density at radius 2 is 1.84 bits per heavy atom. The van der Waals surface area contributed by atoms with Crippen LogP contribution in [-0.2, 0) is 4.79 Å². The maximum absolute atomic E-state index is 12.8. The summed E-state index contributed by atoms with van der Waals surface area (Å²) in [6.45, 7) is 8.14. The summed E-state index contributed by atoms with van der Waals surface area (Å²) in [6, 6.07) is 4.15. The molecule has 2 fully saturated rings. The van der Waals surface area contributed by atoms with Crippen molar-refractivity contribution in [3.63, 3.8) is 0 Å². The predicted octanol–water partition coefficient (Wildman–Crippen LogP) is 3.23. The minimum absolute atomic E-state index is 0.149. The quantitative estimate of drug-likeness (QED) is 0.821. The molecule has 0 aromatic carbocycles. The Bertz CT molecular complexity index is 563. The van der Waals surface area contributed by atoms with Gasteiger partial charge in [0.1, 0.15) is 6.10 Å². The molecular formula is C19H28ClN3O2. The molecule has 0 spiro atoms. The van der Waals surface area contributed by atoms with Crippen LogP contribution in [0.4, 0.5) is 0 Å². The fourth-order valence-corrected chi connectivity index (χ4v) is 3.86. The summed E-state index contributed by atoms with van der Waals surface area (Å²) >= 11 is 5.85.